The summed E-state index contributed by atoms with van der Waals surface area (Å²) in [5.41, 5.74) is 3.82. The third kappa shape index (κ3) is 4.44. The van der Waals surface area contributed by atoms with Gasteiger partial charge in [-0.05, 0) is 56.2 Å². The highest BCUT2D eigenvalue weighted by Crippen LogP contribution is 2.32. The highest BCUT2D eigenvalue weighted by atomic mass is 16.7. The summed E-state index contributed by atoms with van der Waals surface area (Å²) in [5, 5.41) is 12.3. The van der Waals surface area contributed by atoms with Crippen LogP contribution in [0.5, 0.6) is 11.5 Å². The van der Waals surface area contributed by atoms with E-state index in [0.29, 0.717) is 24.7 Å². The summed E-state index contributed by atoms with van der Waals surface area (Å²) in [4.78, 5) is 12.5. The van der Waals surface area contributed by atoms with Crippen LogP contribution in [0.15, 0.2) is 29.8 Å². The molecule has 1 aliphatic rings. The molecule has 152 valence electrons. The highest BCUT2D eigenvalue weighted by Gasteiger charge is 2.17. The molecule has 2 aromatic rings. The van der Waals surface area contributed by atoms with Gasteiger partial charge < -0.3 is 24.1 Å². The Hall–Kier alpha value is -3.24. The molecule has 7 heteroatoms. The Morgan fingerprint density at radius 3 is 2.83 bits per heavy atom. The number of aromatic nitrogens is 1. The minimum Gasteiger partial charge on any atom is -0.454 e. The van der Waals surface area contributed by atoms with Crippen molar-refractivity contribution in [3.8, 4) is 17.6 Å². The number of aryl methyl sites for hydroxylation is 1. The van der Waals surface area contributed by atoms with E-state index in [1.165, 1.54) is 0 Å². The van der Waals surface area contributed by atoms with Crippen LogP contribution < -0.4 is 14.8 Å². The van der Waals surface area contributed by atoms with Gasteiger partial charge in [0.2, 0.25) is 6.79 Å². The minimum absolute atomic E-state index is 0.0605. The average molecular weight is 395 g/mol. The van der Waals surface area contributed by atoms with E-state index < -0.39 is 5.91 Å². The lowest BCUT2D eigenvalue weighted by Crippen LogP contribution is -2.24. The highest BCUT2D eigenvalue weighted by molar-refractivity contribution is 6.01. The standard InChI is InChI=1S/C22H25N3O4/c1-14-7-18(16(3)25(14)15(2)12-27-4)9-19(10-23)22(26)24-11-17-5-6-20-21(8-17)29-13-28-20/h5-9,15H,11-13H2,1-4H3,(H,24,26)/b19-9+. The van der Waals surface area contributed by atoms with Crippen LogP contribution in [0.4, 0.5) is 0 Å². The van der Waals surface area contributed by atoms with Crippen molar-refractivity contribution in [2.45, 2.75) is 33.4 Å². The number of hydrogen-bond donors (Lipinski definition) is 1. The van der Waals surface area contributed by atoms with Gasteiger partial charge in [0.05, 0.1) is 12.6 Å². The van der Waals surface area contributed by atoms with Crippen molar-refractivity contribution in [2.24, 2.45) is 0 Å². The van der Waals surface area contributed by atoms with Crippen molar-refractivity contribution in [2.75, 3.05) is 20.5 Å². The molecule has 0 fully saturated rings. The van der Waals surface area contributed by atoms with Crippen molar-refractivity contribution in [1.29, 1.82) is 5.26 Å². The summed E-state index contributed by atoms with van der Waals surface area (Å²) in [5.74, 6) is 0.932. The van der Waals surface area contributed by atoms with Crippen LogP contribution in [0.3, 0.4) is 0 Å². The molecule has 0 aliphatic carbocycles. The Morgan fingerprint density at radius 2 is 2.10 bits per heavy atom. The van der Waals surface area contributed by atoms with Gasteiger partial charge in [0.25, 0.3) is 5.91 Å². The van der Waals surface area contributed by atoms with Crippen LogP contribution in [0.25, 0.3) is 6.08 Å². The van der Waals surface area contributed by atoms with Crippen molar-refractivity contribution >= 4 is 12.0 Å². The number of ether oxygens (including phenoxy) is 3. The number of hydrogen-bond acceptors (Lipinski definition) is 5. The van der Waals surface area contributed by atoms with Gasteiger partial charge in [0.1, 0.15) is 11.6 Å². The summed E-state index contributed by atoms with van der Waals surface area (Å²) in [6, 6.07) is 9.63. The number of methoxy groups -OCH3 is 1. The first kappa shape index (κ1) is 20.5. The van der Waals surface area contributed by atoms with E-state index in [9.17, 15) is 10.1 Å². The fourth-order valence-corrected chi connectivity index (χ4v) is 3.58. The smallest absolute Gasteiger partial charge is 0.262 e. The molecule has 0 spiro atoms. The molecule has 1 unspecified atom stereocenters. The molecule has 0 bridgehead atoms. The Kier molecular flexibility index (Phi) is 6.25. The SMILES string of the molecule is COCC(C)n1c(C)cc(/C=C(\C#N)C(=O)NCc2ccc3c(c2)OCO3)c1C. The van der Waals surface area contributed by atoms with Crippen LogP contribution >= 0.6 is 0 Å². The average Bonchev–Trinajstić information content (AvgIpc) is 3.27. The number of nitrogens with one attached hydrogen (secondary N) is 1. The van der Waals surface area contributed by atoms with E-state index in [4.69, 9.17) is 14.2 Å². The van der Waals surface area contributed by atoms with E-state index in [1.54, 1.807) is 19.3 Å². The zero-order chi connectivity index (χ0) is 21.0. The first-order valence-electron chi connectivity index (χ1n) is 9.40. The molecular weight excluding hydrogens is 370 g/mol. The van der Waals surface area contributed by atoms with E-state index in [-0.39, 0.29) is 18.4 Å². The molecule has 1 N–H and O–H groups in total. The molecule has 0 saturated carbocycles. The normalized spacial score (nSPS) is 13.8. The maximum absolute atomic E-state index is 12.5. The molecule has 1 amide bonds. The molecule has 7 nitrogen and oxygen atoms in total. The quantitative estimate of drug-likeness (QED) is 0.574. The van der Waals surface area contributed by atoms with Crippen molar-refractivity contribution in [3.05, 3.63) is 52.4 Å². The monoisotopic (exact) mass is 395 g/mol. The van der Waals surface area contributed by atoms with E-state index >= 15 is 0 Å². The zero-order valence-corrected chi connectivity index (χ0v) is 17.1. The Morgan fingerprint density at radius 1 is 1.34 bits per heavy atom. The van der Waals surface area contributed by atoms with Crippen LogP contribution in [0, 0.1) is 25.2 Å². The van der Waals surface area contributed by atoms with Gasteiger partial charge in [-0.15, -0.1) is 0 Å². The van der Waals surface area contributed by atoms with Gasteiger partial charge in [-0.1, -0.05) is 6.07 Å². The molecule has 0 radical (unpaired) electrons. The third-order valence-electron chi connectivity index (χ3n) is 4.93. The fourth-order valence-electron chi connectivity index (χ4n) is 3.58. The molecule has 0 saturated heterocycles. The van der Waals surface area contributed by atoms with E-state index in [2.05, 4.69) is 16.8 Å². The van der Waals surface area contributed by atoms with Crippen molar-refractivity contribution in [1.82, 2.24) is 9.88 Å². The van der Waals surface area contributed by atoms with Gasteiger partial charge in [-0.3, -0.25) is 4.79 Å². The number of nitriles is 1. The molecular formula is C22H25N3O4. The number of nitrogens with zero attached hydrogens (tertiary/aromatic N) is 2. The number of benzene rings is 1. The van der Waals surface area contributed by atoms with Crippen molar-refractivity contribution < 1.29 is 19.0 Å². The first-order valence-corrected chi connectivity index (χ1v) is 9.40. The zero-order valence-electron chi connectivity index (χ0n) is 17.1. The maximum atomic E-state index is 12.5. The number of carbonyl (C=O) groups excluding carboxylic acids is 1. The molecule has 1 aromatic heterocycles. The molecule has 3 rings (SSSR count). The maximum Gasteiger partial charge on any atom is 0.262 e. The van der Waals surface area contributed by atoms with Crippen LogP contribution in [-0.4, -0.2) is 31.0 Å². The Balaban J connectivity index is 1.73. The number of rotatable bonds is 7. The summed E-state index contributed by atoms with van der Waals surface area (Å²) in [6.45, 7) is 7.12. The van der Waals surface area contributed by atoms with Gasteiger partial charge >= 0.3 is 0 Å². The van der Waals surface area contributed by atoms with Crippen LogP contribution in [-0.2, 0) is 16.1 Å². The summed E-state index contributed by atoms with van der Waals surface area (Å²) >= 11 is 0. The van der Waals surface area contributed by atoms with E-state index in [1.807, 2.05) is 38.1 Å². The summed E-state index contributed by atoms with van der Waals surface area (Å²) in [6.07, 6.45) is 1.63. The lowest BCUT2D eigenvalue weighted by Gasteiger charge is -2.17. The lowest BCUT2D eigenvalue weighted by molar-refractivity contribution is -0.117. The van der Waals surface area contributed by atoms with Crippen molar-refractivity contribution in [3.63, 3.8) is 0 Å². The van der Waals surface area contributed by atoms with Crippen LogP contribution in [0.2, 0.25) is 0 Å². The predicted molar refractivity (Wildman–Crippen MR) is 108 cm³/mol. The topological polar surface area (TPSA) is 85.5 Å². The van der Waals surface area contributed by atoms with Gasteiger partial charge in [0.15, 0.2) is 11.5 Å². The summed E-state index contributed by atoms with van der Waals surface area (Å²) < 4.78 is 18.0. The lowest BCUT2D eigenvalue weighted by atomic mass is 10.1. The third-order valence-corrected chi connectivity index (χ3v) is 4.93. The number of fused-ring (bicyclic) bond motifs is 1. The Bertz CT molecular complexity index is 985. The van der Waals surface area contributed by atoms with Crippen LogP contribution in [0.1, 0.15) is 35.5 Å². The first-order chi connectivity index (χ1) is 13.9. The van der Waals surface area contributed by atoms with Gasteiger partial charge in [-0.25, -0.2) is 0 Å². The molecule has 2 heterocycles. The van der Waals surface area contributed by atoms with Gasteiger partial charge in [0, 0.05) is 25.0 Å². The van der Waals surface area contributed by atoms with Gasteiger partial charge in [-0.2, -0.15) is 5.26 Å². The molecule has 1 aromatic carbocycles. The molecule has 1 aliphatic heterocycles. The second-order valence-electron chi connectivity index (χ2n) is 7.04. The molecule has 29 heavy (non-hydrogen) atoms. The Labute approximate surface area is 170 Å². The summed E-state index contributed by atoms with van der Waals surface area (Å²) in [7, 11) is 1.67. The fraction of sp³-hybridized carbons (Fsp3) is 0.364. The largest absolute Gasteiger partial charge is 0.454 e. The number of amides is 1. The second-order valence-corrected chi connectivity index (χ2v) is 7.04. The second kappa shape index (κ2) is 8.84. The predicted octanol–water partition coefficient (Wildman–Crippen LogP) is 3.26. The minimum atomic E-state index is -0.417. The number of carbonyl (C=O) groups is 1. The van der Waals surface area contributed by atoms with E-state index in [0.717, 1.165) is 22.5 Å². The molecule has 1 atom stereocenters.